The quantitative estimate of drug-likeness (QED) is 0.889. The predicted octanol–water partition coefficient (Wildman–Crippen LogP) is 2.84. The molecular formula is C15H20FNO. The van der Waals surface area contributed by atoms with E-state index in [0.29, 0.717) is 12.6 Å². The number of fused-ring (bicyclic) bond motifs is 1. The van der Waals surface area contributed by atoms with Gasteiger partial charge in [-0.05, 0) is 56.3 Å². The molecule has 0 aromatic heterocycles. The molecule has 0 radical (unpaired) electrons. The molecule has 1 aromatic rings. The second-order valence-electron chi connectivity index (χ2n) is 5.31. The molecule has 2 aliphatic rings. The summed E-state index contributed by atoms with van der Waals surface area (Å²) in [4.78, 5) is 0. The second kappa shape index (κ2) is 5.27. The summed E-state index contributed by atoms with van der Waals surface area (Å²) in [5.74, 6) is 0.835. The molecule has 3 heteroatoms. The monoisotopic (exact) mass is 249 g/mol. The predicted molar refractivity (Wildman–Crippen MR) is 69.6 cm³/mol. The summed E-state index contributed by atoms with van der Waals surface area (Å²) < 4.78 is 19.5. The van der Waals surface area contributed by atoms with Gasteiger partial charge in [-0.3, -0.25) is 0 Å². The number of hydrogen-bond donors (Lipinski definition) is 1. The molecule has 1 heterocycles. The molecule has 0 spiro atoms. The number of benzene rings is 1. The normalized spacial score (nSPS) is 22.8. The van der Waals surface area contributed by atoms with Gasteiger partial charge < -0.3 is 10.1 Å². The Hall–Kier alpha value is -1.09. The van der Waals surface area contributed by atoms with Gasteiger partial charge in [-0.25, -0.2) is 4.39 Å². The van der Waals surface area contributed by atoms with Gasteiger partial charge >= 0.3 is 0 Å². The van der Waals surface area contributed by atoms with Crippen molar-refractivity contribution >= 4 is 0 Å². The molecule has 1 atom stereocenters. The van der Waals surface area contributed by atoms with E-state index in [1.807, 2.05) is 0 Å². The molecule has 98 valence electrons. The molecule has 1 aliphatic carbocycles. The van der Waals surface area contributed by atoms with Crippen LogP contribution in [0.1, 0.15) is 36.8 Å². The number of ether oxygens (including phenoxy) is 1. The van der Waals surface area contributed by atoms with Crippen LogP contribution in [0.5, 0.6) is 5.75 Å². The third-order valence-corrected chi connectivity index (χ3v) is 4.04. The topological polar surface area (TPSA) is 21.3 Å². The van der Waals surface area contributed by atoms with Crippen molar-refractivity contribution in [2.75, 3.05) is 13.2 Å². The highest BCUT2D eigenvalue weighted by Crippen LogP contribution is 2.32. The van der Waals surface area contributed by atoms with Crippen LogP contribution in [0.3, 0.4) is 0 Å². The lowest BCUT2D eigenvalue weighted by atomic mass is 10.1. The van der Waals surface area contributed by atoms with Gasteiger partial charge in [0.15, 0.2) is 0 Å². The van der Waals surface area contributed by atoms with Crippen LogP contribution in [0, 0.1) is 5.82 Å². The van der Waals surface area contributed by atoms with Gasteiger partial charge in [-0.2, -0.15) is 0 Å². The molecule has 0 saturated carbocycles. The van der Waals surface area contributed by atoms with Crippen LogP contribution in [0.2, 0.25) is 0 Å². The van der Waals surface area contributed by atoms with Crippen molar-refractivity contribution in [3.05, 3.63) is 29.1 Å². The molecule has 0 bridgehead atoms. The number of hydrogen-bond acceptors (Lipinski definition) is 2. The van der Waals surface area contributed by atoms with E-state index in [9.17, 15) is 4.39 Å². The van der Waals surface area contributed by atoms with Crippen LogP contribution in [-0.4, -0.2) is 19.2 Å². The van der Waals surface area contributed by atoms with E-state index in [0.717, 1.165) is 42.7 Å². The number of nitrogens with one attached hydrogen (secondary N) is 1. The van der Waals surface area contributed by atoms with Gasteiger partial charge in [0.1, 0.15) is 18.2 Å². The second-order valence-corrected chi connectivity index (χ2v) is 5.31. The number of halogens is 1. The average Bonchev–Trinajstić information content (AvgIpc) is 2.90. The zero-order valence-corrected chi connectivity index (χ0v) is 10.7. The van der Waals surface area contributed by atoms with Gasteiger partial charge in [-0.1, -0.05) is 6.42 Å². The van der Waals surface area contributed by atoms with Crippen molar-refractivity contribution < 1.29 is 9.13 Å². The summed E-state index contributed by atoms with van der Waals surface area (Å²) in [7, 11) is 0. The van der Waals surface area contributed by atoms with Crippen molar-refractivity contribution in [2.24, 2.45) is 0 Å². The van der Waals surface area contributed by atoms with E-state index in [-0.39, 0.29) is 5.82 Å². The van der Waals surface area contributed by atoms with Crippen molar-refractivity contribution in [1.29, 1.82) is 0 Å². The first-order chi connectivity index (χ1) is 8.84. The molecule has 1 N–H and O–H groups in total. The standard InChI is InChI=1S/C15H20FNO/c16-14-7-8-15(13-6-3-5-12(13)14)18-10-11-4-1-2-9-17-11/h7-8,11,17H,1-6,9-10H2. The smallest absolute Gasteiger partial charge is 0.126 e. The van der Waals surface area contributed by atoms with E-state index in [1.165, 1.54) is 19.3 Å². The minimum Gasteiger partial charge on any atom is -0.492 e. The van der Waals surface area contributed by atoms with Gasteiger partial charge in [-0.15, -0.1) is 0 Å². The molecule has 3 rings (SSSR count). The lowest BCUT2D eigenvalue weighted by molar-refractivity contribution is 0.237. The van der Waals surface area contributed by atoms with E-state index < -0.39 is 0 Å². The van der Waals surface area contributed by atoms with Gasteiger partial charge in [0.25, 0.3) is 0 Å². The van der Waals surface area contributed by atoms with Crippen LogP contribution < -0.4 is 10.1 Å². The summed E-state index contributed by atoms with van der Waals surface area (Å²) >= 11 is 0. The van der Waals surface area contributed by atoms with E-state index in [1.54, 1.807) is 12.1 Å². The fourth-order valence-electron chi connectivity index (χ4n) is 3.02. The van der Waals surface area contributed by atoms with Crippen molar-refractivity contribution in [1.82, 2.24) is 5.32 Å². The largest absolute Gasteiger partial charge is 0.492 e. The Labute approximate surface area is 108 Å². The Morgan fingerprint density at radius 3 is 2.89 bits per heavy atom. The van der Waals surface area contributed by atoms with Crippen LogP contribution in [0.25, 0.3) is 0 Å². The fraction of sp³-hybridized carbons (Fsp3) is 0.600. The van der Waals surface area contributed by atoms with E-state index in [4.69, 9.17) is 4.74 Å². The highest BCUT2D eigenvalue weighted by atomic mass is 19.1. The Morgan fingerprint density at radius 2 is 2.06 bits per heavy atom. The third-order valence-electron chi connectivity index (χ3n) is 4.04. The SMILES string of the molecule is Fc1ccc(OCC2CCCCN2)c2c1CCC2. The Balaban J connectivity index is 1.67. The lowest BCUT2D eigenvalue weighted by Crippen LogP contribution is -2.38. The number of rotatable bonds is 3. The van der Waals surface area contributed by atoms with Crippen molar-refractivity contribution in [3.63, 3.8) is 0 Å². The van der Waals surface area contributed by atoms with Crippen molar-refractivity contribution in [2.45, 2.75) is 44.6 Å². The molecular weight excluding hydrogens is 229 g/mol. The lowest BCUT2D eigenvalue weighted by Gasteiger charge is -2.24. The molecule has 1 saturated heterocycles. The summed E-state index contributed by atoms with van der Waals surface area (Å²) in [6.45, 7) is 1.80. The van der Waals surface area contributed by atoms with Gasteiger partial charge in [0.05, 0.1) is 0 Å². The summed E-state index contributed by atoms with van der Waals surface area (Å²) in [6, 6.07) is 3.80. The summed E-state index contributed by atoms with van der Waals surface area (Å²) in [5, 5.41) is 3.47. The van der Waals surface area contributed by atoms with Gasteiger partial charge in [0, 0.05) is 11.6 Å². The maximum Gasteiger partial charge on any atom is 0.126 e. The van der Waals surface area contributed by atoms with Gasteiger partial charge in [0.2, 0.25) is 0 Å². The maximum atomic E-state index is 13.6. The van der Waals surface area contributed by atoms with Crippen LogP contribution >= 0.6 is 0 Å². The average molecular weight is 249 g/mol. The zero-order valence-electron chi connectivity index (χ0n) is 10.7. The highest BCUT2D eigenvalue weighted by Gasteiger charge is 2.20. The van der Waals surface area contributed by atoms with E-state index >= 15 is 0 Å². The molecule has 1 fully saturated rings. The first kappa shape index (κ1) is 12.0. The minimum atomic E-state index is -0.0642. The van der Waals surface area contributed by atoms with Crippen molar-refractivity contribution in [3.8, 4) is 5.75 Å². The molecule has 1 aliphatic heterocycles. The van der Waals surface area contributed by atoms with E-state index in [2.05, 4.69) is 5.32 Å². The molecule has 1 unspecified atom stereocenters. The van der Waals surface area contributed by atoms with Crippen LogP contribution in [-0.2, 0) is 12.8 Å². The molecule has 0 amide bonds. The minimum absolute atomic E-state index is 0.0642. The number of piperidine rings is 1. The molecule has 2 nitrogen and oxygen atoms in total. The third kappa shape index (κ3) is 2.37. The first-order valence-electron chi connectivity index (χ1n) is 7.01. The maximum absolute atomic E-state index is 13.6. The Bertz CT molecular complexity index is 427. The summed E-state index contributed by atoms with van der Waals surface area (Å²) in [6.07, 6.45) is 6.60. The Morgan fingerprint density at radius 1 is 1.17 bits per heavy atom. The Kier molecular flexibility index (Phi) is 3.50. The molecule has 18 heavy (non-hydrogen) atoms. The highest BCUT2D eigenvalue weighted by molar-refractivity contribution is 5.43. The van der Waals surface area contributed by atoms with Crippen LogP contribution in [0.4, 0.5) is 4.39 Å². The molecule has 1 aromatic carbocycles. The fourth-order valence-corrected chi connectivity index (χ4v) is 3.02. The summed E-state index contributed by atoms with van der Waals surface area (Å²) in [5.41, 5.74) is 1.98. The first-order valence-corrected chi connectivity index (χ1v) is 7.01. The zero-order chi connectivity index (χ0) is 12.4. The van der Waals surface area contributed by atoms with Crippen LogP contribution in [0.15, 0.2) is 12.1 Å².